The van der Waals surface area contributed by atoms with Crippen molar-refractivity contribution in [2.75, 3.05) is 0 Å². The number of hydrogen-bond donors (Lipinski definition) is 1. The summed E-state index contributed by atoms with van der Waals surface area (Å²) in [4.78, 5) is 0. The maximum atomic E-state index is 9.35. The van der Waals surface area contributed by atoms with Gasteiger partial charge in [-0.3, -0.25) is 0 Å². The highest BCUT2D eigenvalue weighted by atomic mass is 16.3. The molecule has 0 unspecified atom stereocenters. The van der Waals surface area contributed by atoms with Crippen molar-refractivity contribution in [1.82, 2.24) is 0 Å². The topological polar surface area (TPSA) is 20.2 Å². The maximum absolute atomic E-state index is 9.35. The van der Waals surface area contributed by atoms with Crippen molar-refractivity contribution in [1.29, 1.82) is 0 Å². The summed E-state index contributed by atoms with van der Waals surface area (Å²) in [6, 6.07) is 5.74. The molecule has 0 saturated carbocycles. The first-order valence-corrected chi connectivity index (χ1v) is 4.64. The summed E-state index contributed by atoms with van der Waals surface area (Å²) >= 11 is 0. The summed E-state index contributed by atoms with van der Waals surface area (Å²) in [6.07, 6.45) is 3.15. The number of hydrogen-bond acceptors (Lipinski definition) is 1. The van der Waals surface area contributed by atoms with Gasteiger partial charge in [0.15, 0.2) is 0 Å². The molecule has 1 N–H and O–H groups in total. The van der Waals surface area contributed by atoms with Crippen LogP contribution in [0.1, 0.15) is 31.4 Å². The van der Waals surface area contributed by atoms with Crippen LogP contribution in [0.5, 0.6) is 5.75 Å². The van der Waals surface area contributed by atoms with E-state index in [0.717, 1.165) is 12.0 Å². The maximum Gasteiger partial charge on any atom is 0.118 e. The Morgan fingerprint density at radius 1 is 1.46 bits per heavy atom. The predicted molar refractivity (Wildman–Crippen MR) is 56.8 cm³/mol. The number of phenolic OH excluding ortho intramolecular Hbond substituents is 1. The zero-order valence-corrected chi connectivity index (χ0v) is 8.46. The van der Waals surface area contributed by atoms with Crippen molar-refractivity contribution in [2.24, 2.45) is 0 Å². The van der Waals surface area contributed by atoms with Gasteiger partial charge in [-0.15, -0.1) is 0 Å². The molecule has 1 aromatic rings. The van der Waals surface area contributed by atoms with E-state index < -0.39 is 0 Å². The number of aryl methyl sites for hydroxylation is 1. The quantitative estimate of drug-likeness (QED) is 0.731. The average Bonchev–Trinajstić information content (AvgIpc) is 2.13. The van der Waals surface area contributed by atoms with E-state index in [1.54, 1.807) is 6.07 Å². The molecule has 0 atom stereocenters. The van der Waals surface area contributed by atoms with Gasteiger partial charge in [-0.1, -0.05) is 19.1 Å². The minimum absolute atomic E-state index is 0.371. The summed E-state index contributed by atoms with van der Waals surface area (Å²) in [5.41, 5.74) is 3.47. The van der Waals surface area contributed by atoms with Gasteiger partial charge < -0.3 is 5.11 Å². The number of rotatable bonds is 2. The molecule has 1 aromatic carbocycles. The van der Waals surface area contributed by atoms with Gasteiger partial charge in [0.2, 0.25) is 0 Å². The standard InChI is InChI=1S/C12H16O/c1-4-10(5-2)11-6-7-12(13)9(3)8-11/h4,6-8,13H,5H2,1-3H3/b10-4-. The van der Waals surface area contributed by atoms with Gasteiger partial charge in [0.1, 0.15) is 5.75 Å². The van der Waals surface area contributed by atoms with Gasteiger partial charge in [-0.05, 0) is 49.1 Å². The van der Waals surface area contributed by atoms with Crippen LogP contribution in [0, 0.1) is 6.92 Å². The molecule has 13 heavy (non-hydrogen) atoms. The van der Waals surface area contributed by atoms with Crippen LogP contribution in [0.2, 0.25) is 0 Å². The lowest BCUT2D eigenvalue weighted by atomic mass is 10.0. The van der Waals surface area contributed by atoms with E-state index in [-0.39, 0.29) is 0 Å². The van der Waals surface area contributed by atoms with Gasteiger partial charge in [0, 0.05) is 0 Å². The van der Waals surface area contributed by atoms with Crippen LogP contribution in [-0.4, -0.2) is 5.11 Å². The summed E-state index contributed by atoms with van der Waals surface area (Å²) < 4.78 is 0. The summed E-state index contributed by atoms with van der Waals surface area (Å²) in [5.74, 6) is 0.371. The summed E-state index contributed by atoms with van der Waals surface area (Å²) in [6.45, 7) is 6.10. The zero-order valence-electron chi connectivity index (χ0n) is 8.46. The first-order valence-electron chi connectivity index (χ1n) is 4.64. The van der Waals surface area contributed by atoms with E-state index in [1.807, 2.05) is 26.0 Å². The van der Waals surface area contributed by atoms with E-state index in [9.17, 15) is 5.11 Å². The van der Waals surface area contributed by atoms with Crippen molar-refractivity contribution in [3.63, 3.8) is 0 Å². The Kier molecular flexibility index (Phi) is 3.13. The van der Waals surface area contributed by atoms with E-state index in [1.165, 1.54) is 11.1 Å². The molecule has 0 amide bonds. The summed E-state index contributed by atoms with van der Waals surface area (Å²) in [7, 11) is 0. The summed E-state index contributed by atoms with van der Waals surface area (Å²) in [5, 5.41) is 9.35. The molecular formula is C12H16O. The highest BCUT2D eigenvalue weighted by Crippen LogP contribution is 2.23. The molecule has 0 saturated heterocycles. The fraction of sp³-hybridized carbons (Fsp3) is 0.333. The van der Waals surface area contributed by atoms with E-state index >= 15 is 0 Å². The van der Waals surface area contributed by atoms with Crippen molar-refractivity contribution in [3.8, 4) is 5.75 Å². The second-order valence-electron chi connectivity index (χ2n) is 3.17. The minimum atomic E-state index is 0.371. The van der Waals surface area contributed by atoms with Crippen LogP contribution in [0.4, 0.5) is 0 Å². The number of phenols is 1. The van der Waals surface area contributed by atoms with Crippen LogP contribution in [0.15, 0.2) is 24.3 Å². The molecular weight excluding hydrogens is 160 g/mol. The van der Waals surface area contributed by atoms with Crippen LogP contribution in [-0.2, 0) is 0 Å². The number of aromatic hydroxyl groups is 1. The van der Waals surface area contributed by atoms with Gasteiger partial charge in [-0.25, -0.2) is 0 Å². The van der Waals surface area contributed by atoms with E-state index in [2.05, 4.69) is 13.0 Å². The van der Waals surface area contributed by atoms with E-state index in [4.69, 9.17) is 0 Å². The SMILES string of the molecule is C/C=C(/CC)c1ccc(O)c(C)c1. The van der Waals surface area contributed by atoms with Crippen molar-refractivity contribution in [2.45, 2.75) is 27.2 Å². The molecule has 0 aliphatic rings. The first kappa shape index (κ1) is 9.85. The Bertz CT molecular complexity index is 324. The van der Waals surface area contributed by atoms with Crippen LogP contribution in [0.25, 0.3) is 5.57 Å². The van der Waals surface area contributed by atoms with Crippen molar-refractivity contribution < 1.29 is 5.11 Å². The van der Waals surface area contributed by atoms with Gasteiger partial charge in [0.25, 0.3) is 0 Å². The Balaban J connectivity index is 3.10. The van der Waals surface area contributed by atoms with Crippen LogP contribution in [0.3, 0.4) is 0 Å². The van der Waals surface area contributed by atoms with Gasteiger partial charge >= 0.3 is 0 Å². The minimum Gasteiger partial charge on any atom is -0.508 e. The highest BCUT2D eigenvalue weighted by molar-refractivity contribution is 5.66. The molecule has 0 fully saturated rings. The predicted octanol–water partition coefficient (Wildman–Crippen LogP) is 3.51. The second kappa shape index (κ2) is 4.13. The Labute approximate surface area is 79.7 Å². The fourth-order valence-corrected chi connectivity index (χ4v) is 1.43. The fourth-order valence-electron chi connectivity index (χ4n) is 1.43. The highest BCUT2D eigenvalue weighted by Gasteiger charge is 2.00. The molecule has 0 aliphatic carbocycles. The van der Waals surface area contributed by atoms with Crippen LogP contribution >= 0.6 is 0 Å². The molecule has 0 aromatic heterocycles. The average molecular weight is 176 g/mol. The smallest absolute Gasteiger partial charge is 0.118 e. The zero-order chi connectivity index (χ0) is 9.84. The van der Waals surface area contributed by atoms with Gasteiger partial charge in [-0.2, -0.15) is 0 Å². The first-order chi connectivity index (χ1) is 6.19. The largest absolute Gasteiger partial charge is 0.508 e. The molecule has 1 nitrogen and oxygen atoms in total. The molecule has 0 spiro atoms. The monoisotopic (exact) mass is 176 g/mol. The second-order valence-corrected chi connectivity index (χ2v) is 3.17. The van der Waals surface area contributed by atoms with Gasteiger partial charge in [0.05, 0.1) is 0 Å². The number of allylic oxidation sites excluding steroid dienone is 2. The lowest BCUT2D eigenvalue weighted by Gasteiger charge is -2.06. The third kappa shape index (κ3) is 2.11. The molecule has 0 bridgehead atoms. The normalized spacial score (nSPS) is 11.8. The van der Waals surface area contributed by atoms with Crippen LogP contribution < -0.4 is 0 Å². The molecule has 0 aliphatic heterocycles. The Hall–Kier alpha value is -1.24. The molecule has 70 valence electrons. The molecule has 0 heterocycles. The lowest BCUT2D eigenvalue weighted by Crippen LogP contribution is -1.84. The molecule has 0 radical (unpaired) electrons. The Morgan fingerprint density at radius 3 is 2.62 bits per heavy atom. The van der Waals surface area contributed by atoms with Crippen molar-refractivity contribution in [3.05, 3.63) is 35.4 Å². The molecule has 1 rings (SSSR count). The van der Waals surface area contributed by atoms with Crippen molar-refractivity contribution >= 4 is 5.57 Å². The number of benzene rings is 1. The lowest BCUT2D eigenvalue weighted by molar-refractivity contribution is 0.471. The molecule has 1 heteroatoms. The third-order valence-corrected chi connectivity index (χ3v) is 2.30. The Morgan fingerprint density at radius 2 is 2.15 bits per heavy atom. The third-order valence-electron chi connectivity index (χ3n) is 2.30. The van der Waals surface area contributed by atoms with E-state index in [0.29, 0.717) is 5.75 Å².